The van der Waals surface area contributed by atoms with E-state index in [1.165, 1.54) is 30.5 Å². The maximum absolute atomic E-state index is 13.3. The Morgan fingerprint density at radius 3 is 2.55 bits per heavy atom. The highest BCUT2D eigenvalue weighted by Gasteiger charge is 2.10. The molecule has 0 saturated heterocycles. The summed E-state index contributed by atoms with van der Waals surface area (Å²) in [5, 5.41) is 11.2. The lowest BCUT2D eigenvalue weighted by molar-refractivity contribution is 0.0690. The van der Waals surface area contributed by atoms with Gasteiger partial charge in [0.2, 0.25) is 0 Å². The Morgan fingerprint density at radius 1 is 1.25 bits per heavy atom. The number of hydrogen-bond donors (Lipinski definition) is 2. The maximum Gasteiger partial charge on any atom is 0.354 e. The summed E-state index contributed by atoms with van der Waals surface area (Å²) in [4.78, 5) is 26.1. The van der Waals surface area contributed by atoms with Gasteiger partial charge in [0.1, 0.15) is 11.5 Å². The molecule has 0 bridgehead atoms. The molecule has 2 rings (SSSR count). The molecule has 0 aliphatic carbocycles. The molecular weight excluding hydrogens is 331 g/mol. The molecular formula is C13H8BrFN2O3. The molecule has 0 aliphatic rings. The molecule has 5 nitrogen and oxygen atoms in total. The summed E-state index contributed by atoms with van der Waals surface area (Å²) in [5.74, 6) is -2.21. The lowest BCUT2D eigenvalue weighted by Crippen LogP contribution is -2.12. The van der Waals surface area contributed by atoms with Crippen molar-refractivity contribution in [2.45, 2.75) is 0 Å². The summed E-state index contributed by atoms with van der Waals surface area (Å²) in [6.45, 7) is 0. The van der Waals surface area contributed by atoms with Crippen LogP contribution in [0, 0.1) is 5.82 Å². The van der Waals surface area contributed by atoms with Gasteiger partial charge in [0.05, 0.1) is 16.4 Å². The second kappa shape index (κ2) is 5.79. The van der Waals surface area contributed by atoms with Crippen LogP contribution in [0.25, 0.3) is 0 Å². The van der Waals surface area contributed by atoms with Crippen molar-refractivity contribution in [3.05, 3.63) is 58.1 Å². The number of aromatic nitrogens is 1. The predicted octanol–water partition coefficient (Wildman–Crippen LogP) is 2.93. The SMILES string of the molecule is O=C(Nc1ccc(C(=O)O)nc1)c1ccc(Br)c(F)c1. The summed E-state index contributed by atoms with van der Waals surface area (Å²) in [6.07, 6.45) is 1.22. The number of pyridine rings is 1. The molecule has 7 heteroatoms. The van der Waals surface area contributed by atoms with Gasteiger partial charge in [-0.15, -0.1) is 0 Å². The van der Waals surface area contributed by atoms with E-state index in [2.05, 4.69) is 26.2 Å². The summed E-state index contributed by atoms with van der Waals surface area (Å²) in [5.41, 5.74) is 0.342. The number of nitrogens with zero attached hydrogens (tertiary/aromatic N) is 1. The fourth-order valence-corrected chi connectivity index (χ4v) is 1.68. The minimum Gasteiger partial charge on any atom is -0.477 e. The second-order valence-corrected chi connectivity index (χ2v) is 4.67. The average Bonchev–Trinajstić information content (AvgIpc) is 2.42. The first-order valence-corrected chi connectivity index (χ1v) is 6.22. The Hall–Kier alpha value is -2.28. The molecule has 1 aromatic carbocycles. The number of anilines is 1. The van der Waals surface area contributed by atoms with Crippen LogP contribution in [0.3, 0.4) is 0 Å². The quantitative estimate of drug-likeness (QED) is 0.901. The van der Waals surface area contributed by atoms with Crippen LogP contribution in [0.15, 0.2) is 41.0 Å². The van der Waals surface area contributed by atoms with Gasteiger partial charge >= 0.3 is 5.97 Å². The minimum absolute atomic E-state index is 0.127. The molecule has 0 fully saturated rings. The summed E-state index contributed by atoms with van der Waals surface area (Å²) in [7, 11) is 0. The number of carboxylic acids is 1. The molecule has 102 valence electrons. The van der Waals surface area contributed by atoms with Gasteiger partial charge in [-0.05, 0) is 46.3 Å². The van der Waals surface area contributed by atoms with Crippen LogP contribution in [0.1, 0.15) is 20.8 Å². The first kappa shape index (κ1) is 14.1. The first-order valence-electron chi connectivity index (χ1n) is 5.43. The van der Waals surface area contributed by atoms with Crippen molar-refractivity contribution in [2.75, 3.05) is 5.32 Å². The van der Waals surface area contributed by atoms with Gasteiger partial charge < -0.3 is 10.4 Å². The summed E-state index contributed by atoms with van der Waals surface area (Å²) >= 11 is 2.99. The van der Waals surface area contributed by atoms with Crippen LogP contribution in [0.4, 0.5) is 10.1 Å². The third-order valence-electron chi connectivity index (χ3n) is 2.42. The van der Waals surface area contributed by atoms with Crippen molar-refractivity contribution in [1.82, 2.24) is 4.98 Å². The minimum atomic E-state index is -1.15. The number of benzene rings is 1. The highest BCUT2D eigenvalue weighted by molar-refractivity contribution is 9.10. The van der Waals surface area contributed by atoms with Crippen LogP contribution < -0.4 is 5.32 Å². The molecule has 1 heterocycles. The zero-order valence-electron chi connectivity index (χ0n) is 9.93. The van der Waals surface area contributed by atoms with E-state index < -0.39 is 17.7 Å². The smallest absolute Gasteiger partial charge is 0.354 e. The fourth-order valence-electron chi connectivity index (χ4n) is 1.43. The van der Waals surface area contributed by atoms with Gasteiger partial charge in [0, 0.05) is 5.56 Å². The van der Waals surface area contributed by atoms with Crippen LogP contribution in [-0.2, 0) is 0 Å². The Bertz CT molecular complexity index is 674. The van der Waals surface area contributed by atoms with Gasteiger partial charge in [-0.25, -0.2) is 14.2 Å². The second-order valence-electron chi connectivity index (χ2n) is 3.82. The average molecular weight is 339 g/mol. The van der Waals surface area contributed by atoms with Crippen molar-refractivity contribution in [1.29, 1.82) is 0 Å². The Labute approximate surface area is 121 Å². The van der Waals surface area contributed by atoms with E-state index in [1.807, 2.05) is 0 Å². The Morgan fingerprint density at radius 2 is 2.00 bits per heavy atom. The van der Waals surface area contributed by atoms with Crippen molar-refractivity contribution in [2.24, 2.45) is 0 Å². The third kappa shape index (κ3) is 3.18. The number of halogens is 2. The highest BCUT2D eigenvalue weighted by Crippen LogP contribution is 2.17. The van der Waals surface area contributed by atoms with E-state index >= 15 is 0 Å². The monoisotopic (exact) mass is 338 g/mol. The number of hydrogen-bond acceptors (Lipinski definition) is 3. The van der Waals surface area contributed by atoms with Crippen molar-refractivity contribution < 1.29 is 19.1 Å². The van der Waals surface area contributed by atoms with Crippen LogP contribution in [0.2, 0.25) is 0 Å². The number of carboxylic acid groups (broad SMARTS) is 1. The van der Waals surface area contributed by atoms with Crippen LogP contribution >= 0.6 is 15.9 Å². The molecule has 2 aromatic rings. The van der Waals surface area contributed by atoms with E-state index in [-0.39, 0.29) is 15.7 Å². The van der Waals surface area contributed by atoms with E-state index in [1.54, 1.807) is 0 Å². The standard InChI is InChI=1S/C13H8BrFN2O3/c14-9-3-1-7(5-10(9)15)12(18)17-8-2-4-11(13(19)20)16-6-8/h1-6H,(H,17,18)(H,19,20). The fraction of sp³-hybridized carbons (Fsp3) is 0. The summed E-state index contributed by atoms with van der Waals surface area (Å²) < 4.78 is 13.6. The van der Waals surface area contributed by atoms with Gasteiger partial charge in [0.25, 0.3) is 5.91 Å². The molecule has 0 spiro atoms. The number of rotatable bonds is 3. The van der Waals surface area contributed by atoms with E-state index in [0.717, 1.165) is 6.07 Å². The topological polar surface area (TPSA) is 79.3 Å². The lowest BCUT2D eigenvalue weighted by Gasteiger charge is -2.05. The molecule has 0 atom stereocenters. The number of amides is 1. The predicted molar refractivity (Wildman–Crippen MR) is 73.2 cm³/mol. The van der Waals surface area contributed by atoms with Crippen molar-refractivity contribution in [3.63, 3.8) is 0 Å². The largest absolute Gasteiger partial charge is 0.477 e. The highest BCUT2D eigenvalue weighted by atomic mass is 79.9. The van der Waals surface area contributed by atoms with Crippen molar-refractivity contribution >= 4 is 33.5 Å². The normalized spacial score (nSPS) is 10.1. The maximum atomic E-state index is 13.3. The third-order valence-corrected chi connectivity index (χ3v) is 3.07. The molecule has 20 heavy (non-hydrogen) atoms. The van der Waals surface area contributed by atoms with E-state index in [9.17, 15) is 14.0 Å². The van der Waals surface area contributed by atoms with Gasteiger partial charge in [0.15, 0.2) is 0 Å². The number of carbonyl (C=O) groups is 2. The van der Waals surface area contributed by atoms with Crippen LogP contribution in [0.5, 0.6) is 0 Å². The Balaban J connectivity index is 2.14. The molecule has 1 amide bonds. The first-order chi connectivity index (χ1) is 9.47. The number of nitrogens with one attached hydrogen (secondary N) is 1. The summed E-state index contributed by atoms with van der Waals surface area (Å²) in [6, 6.07) is 6.65. The molecule has 0 radical (unpaired) electrons. The van der Waals surface area contributed by atoms with E-state index in [0.29, 0.717) is 5.69 Å². The molecule has 0 saturated carbocycles. The Kier molecular flexibility index (Phi) is 4.09. The lowest BCUT2D eigenvalue weighted by atomic mass is 10.2. The molecule has 2 N–H and O–H groups in total. The number of aromatic carboxylic acids is 1. The zero-order valence-corrected chi connectivity index (χ0v) is 11.5. The van der Waals surface area contributed by atoms with Crippen molar-refractivity contribution in [3.8, 4) is 0 Å². The van der Waals surface area contributed by atoms with E-state index in [4.69, 9.17) is 5.11 Å². The van der Waals surface area contributed by atoms with Gasteiger partial charge in [-0.3, -0.25) is 4.79 Å². The number of carbonyl (C=O) groups excluding carboxylic acids is 1. The van der Waals surface area contributed by atoms with Gasteiger partial charge in [-0.2, -0.15) is 0 Å². The molecule has 0 unspecified atom stereocenters. The molecule has 1 aromatic heterocycles. The van der Waals surface area contributed by atoms with Crippen LogP contribution in [-0.4, -0.2) is 22.0 Å². The zero-order chi connectivity index (χ0) is 14.7. The van der Waals surface area contributed by atoms with Gasteiger partial charge in [-0.1, -0.05) is 0 Å². The molecule has 0 aliphatic heterocycles.